The van der Waals surface area contributed by atoms with Gasteiger partial charge in [-0.3, -0.25) is 0 Å². The molecule has 1 aliphatic heterocycles. The van der Waals surface area contributed by atoms with Gasteiger partial charge in [-0.25, -0.2) is 9.59 Å². The molecule has 0 radical (unpaired) electrons. The summed E-state index contributed by atoms with van der Waals surface area (Å²) in [6.07, 6.45) is 1.27. The van der Waals surface area contributed by atoms with E-state index >= 15 is 0 Å². The highest BCUT2D eigenvalue weighted by molar-refractivity contribution is 5.89. The standard InChI is InChI=1S/C23H22N2O6/c26-21(27)19-13-31-23(29)20-15(8-11-18(19)20)12-30-22(28)14-6-9-17(10-7-14)25-24-16-4-2-1-3-5-16/h1-7,9-10,13,15,18,20,23,29H,8,11-12H2,(H,26,27)/b25-24+. The quantitative estimate of drug-likeness (QED) is 0.532. The molecule has 1 aliphatic carbocycles. The number of carbonyl (C=O) groups excluding carboxylic acids is 1. The third-order valence-electron chi connectivity index (χ3n) is 5.74. The smallest absolute Gasteiger partial charge is 0.338 e. The van der Waals surface area contributed by atoms with Crippen molar-refractivity contribution in [3.63, 3.8) is 0 Å². The van der Waals surface area contributed by atoms with Crippen molar-refractivity contribution in [2.45, 2.75) is 19.1 Å². The number of carboxylic acid groups (broad SMARTS) is 1. The number of esters is 1. The van der Waals surface area contributed by atoms with E-state index in [4.69, 9.17) is 9.47 Å². The number of aliphatic carboxylic acids is 1. The zero-order valence-electron chi connectivity index (χ0n) is 16.6. The Kier molecular flexibility index (Phi) is 6.08. The summed E-state index contributed by atoms with van der Waals surface area (Å²) in [6, 6.07) is 15.9. The Morgan fingerprint density at radius 2 is 1.68 bits per heavy atom. The molecule has 0 saturated heterocycles. The van der Waals surface area contributed by atoms with Crippen molar-refractivity contribution in [3.05, 3.63) is 72.0 Å². The van der Waals surface area contributed by atoms with Crippen LogP contribution in [0.1, 0.15) is 23.2 Å². The van der Waals surface area contributed by atoms with Crippen molar-refractivity contribution in [3.8, 4) is 0 Å². The third-order valence-corrected chi connectivity index (χ3v) is 5.74. The number of azo groups is 1. The fourth-order valence-electron chi connectivity index (χ4n) is 4.17. The van der Waals surface area contributed by atoms with Crippen LogP contribution in [0.3, 0.4) is 0 Å². The van der Waals surface area contributed by atoms with Crippen LogP contribution in [0.15, 0.2) is 76.7 Å². The van der Waals surface area contributed by atoms with Crippen molar-refractivity contribution in [2.75, 3.05) is 6.61 Å². The van der Waals surface area contributed by atoms with Crippen LogP contribution in [-0.2, 0) is 14.3 Å². The van der Waals surface area contributed by atoms with Gasteiger partial charge in [0.05, 0.1) is 35.4 Å². The van der Waals surface area contributed by atoms with Crippen molar-refractivity contribution in [1.82, 2.24) is 0 Å². The van der Waals surface area contributed by atoms with E-state index in [0.717, 1.165) is 11.9 Å². The summed E-state index contributed by atoms with van der Waals surface area (Å²) >= 11 is 0. The second kappa shape index (κ2) is 9.09. The maximum Gasteiger partial charge on any atom is 0.338 e. The van der Waals surface area contributed by atoms with Gasteiger partial charge in [-0.1, -0.05) is 18.2 Å². The van der Waals surface area contributed by atoms with E-state index in [-0.39, 0.29) is 24.0 Å². The fourth-order valence-corrected chi connectivity index (χ4v) is 4.17. The number of hydrogen-bond donors (Lipinski definition) is 2. The molecule has 0 amide bonds. The molecule has 0 bridgehead atoms. The maximum atomic E-state index is 12.4. The Morgan fingerprint density at radius 1 is 1.00 bits per heavy atom. The molecular formula is C23H22N2O6. The molecule has 160 valence electrons. The number of nitrogens with zero attached hydrogens (tertiary/aromatic N) is 2. The van der Waals surface area contributed by atoms with Crippen molar-refractivity contribution in [2.24, 2.45) is 28.0 Å². The first-order valence-corrected chi connectivity index (χ1v) is 10.0. The van der Waals surface area contributed by atoms with Crippen LogP contribution >= 0.6 is 0 Å². The van der Waals surface area contributed by atoms with Gasteiger partial charge >= 0.3 is 11.9 Å². The Hall–Kier alpha value is -3.52. The molecule has 2 aliphatic rings. The summed E-state index contributed by atoms with van der Waals surface area (Å²) in [4.78, 5) is 23.8. The van der Waals surface area contributed by atoms with E-state index in [1.807, 2.05) is 30.3 Å². The Bertz CT molecular complexity index is 1000. The molecule has 1 fully saturated rings. The molecule has 4 unspecified atom stereocenters. The van der Waals surface area contributed by atoms with Gasteiger partial charge in [0.1, 0.15) is 0 Å². The predicted octanol–water partition coefficient (Wildman–Crippen LogP) is 4.22. The zero-order valence-corrected chi connectivity index (χ0v) is 16.6. The summed E-state index contributed by atoms with van der Waals surface area (Å²) in [6.45, 7) is 0.0861. The Morgan fingerprint density at radius 3 is 2.35 bits per heavy atom. The Balaban J connectivity index is 1.34. The predicted molar refractivity (Wildman–Crippen MR) is 110 cm³/mol. The number of aliphatic hydroxyl groups is 1. The minimum absolute atomic E-state index is 0.0861. The van der Waals surface area contributed by atoms with Crippen LogP contribution in [0.2, 0.25) is 0 Å². The summed E-state index contributed by atoms with van der Waals surface area (Å²) in [7, 11) is 0. The molecule has 1 saturated carbocycles. The zero-order chi connectivity index (χ0) is 21.8. The molecule has 31 heavy (non-hydrogen) atoms. The highest BCUT2D eigenvalue weighted by Gasteiger charge is 2.47. The molecule has 4 rings (SSSR count). The summed E-state index contributed by atoms with van der Waals surface area (Å²) < 4.78 is 10.6. The normalized spacial score (nSPS) is 24.9. The van der Waals surface area contributed by atoms with E-state index < -0.39 is 24.1 Å². The number of hydrogen-bond acceptors (Lipinski definition) is 7. The SMILES string of the molecule is O=C(O)C1=COC(O)C2C(COC(=O)c3ccc(/N=N/c4ccccc4)cc3)CCC12. The first kappa shape index (κ1) is 20.7. The first-order chi connectivity index (χ1) is 15.0. The van der Waals surface area contributed by atoms with Crippen LogP contribution in [-0.4, -0.2) is 35.0 Å². The first-order valence-electron chi connectivity index (χ1n) is 10.0. The lowest BCUT2D eigenvalue weighted by molar-refractivity contribution is -0.143. The number of fused-ring (bicyclic) bond motifs is 1. The highest BCUT2D eigenvalue weighted by atomic mass is 16.6. The van der Waals surface area contributed by atoms with E-state index in [0.29, 0.717) is 24.1 Å². The van der Waals surface area contributed by atoms with Gasteiger partial charge < -0.3 is 19.7 Å². The van der Waals surface area contributed by atoms with E-state index in [9.17, 15) is 19.8 Å². The molecule has 2 N–H and O–H groups in total. The number of benzene rings is 2. The average molecular weight is 422 g/mol. The van der Waals surface area contributed by atoms with Crippen molar-refractivity contribution >= 4 is 23.3 Å². The van der Waals surface area contributed by atoms with Gasteiger partial charge in [0.2, 0.25) is 0 Å². The van der Waals surface area contributed by atoms with Crippen molar-refractivity contribution in [1.29, 1.82) is 0 Å². The molecule has 8 nitrogen and oxygen atoms in total. The molecule has 0 aromatic heterocycles. The highest BCUT2D eigenvalue weighted by Crippen LogP contribution is 2.46. The van der Waals surface area contributed by atoms with Crippen molar-refractivity contribution < 1.29 is 29.3 Å². The van der Waals surface area contributed by atoms with E-state index in [1.165, 1.54) is 0 Å². The van der Waals surface area contributed by atoms with E-state index in [1.54, 1.807) is 24.3 Å². The van der Waals surface area contributed by atoms with Crippen LogP contribution in [0, 0.1) is 17.8 Å². The van der Waals surface area contributed by atoms with Gasteiger partial charge in [-0.15, -0.1) is 0 Å². The number of ether oxygens (including phenoxy) is 2. The molecule has 2 aromatic rings. The second-order valence-electron chi connectivity index (χ2n) is 7.61. The summed E-state index contributed by atoms with van der Waals surface area (Å²) in [5.41, 5.74) is 1.87. The minimum atomic E-state index is -1.10. The van der Waals surface area contributed by atoms with Gasteiger partial charge in [0.15, 0.2) is 6.29 Å². The van der Waals surface area contributed by atoms with Gasteiger partial charge in [0.25, 0.3) is 0 Å². The molecule has 4 atom stereocenters. The number of carbonyl (C=O) groups is 2. The number of carboxylic acids is 1. The molecule has 1 heterocycles. The van der Waals surface area contributed by atoms with Crippen LogP contribution < -0.4 is 0 Å². The largest absolute Gasteiger partial charge is 0.478 e. The van der Waals surface area contributed by atoms with Gasteiger partial charge in [0, 0.05) is 17.8 Å². The lowest BCUT2D eigenvalue weighted by Gasteiger charge is -2.32. The molecule has 2 aromatic carbocycles. The van der Waals surface area contributed by atoms with E-state index in [2.05, 4.69) is 10.2 Å². The molecule has 8 heteroatoms. The summed E-state index contributed by atoms with van der Waals surface area (Å²) in [5, 5.41) is 27.8. The number of rotatable bonds is 6. The lowest BCUT2D eigenvalue weighted by atomic mass is 9.83. The minimum Gasteiger partial charge on any atom is -0.478 e. The van der Waals surface area contributed by atoms with Crippen LogP contribution in [0.4, 0.5) is 11.4 Å². The lowest BCUT2D eigenvalue weighted by Crippen LogP contribution is -2.37. The topological polar surface area (TPSA) is 118 Å². The monoisotopic (exact) mass is 422 g/mol. The van der Waals surface area contributed by atoms with Crippen LogP contribution in [0.25, 0.3) is 0 Å². The summed E-state index contributed by atoms with van der Waals surface area (Å²) in [5.74, 6) is -2.44. The van der Waals surface area contributed by atoms with Crippen LogP contribution in [0.5, 0.6) is 0 Å². The number of aliphatic hydroxyl groups excluding tert-OH is 1. The molecular weight excluding hydrogens is 400 g/mol. The Labute approximate surface area is 178 Å². The average Bonchev–Trinajstić information content (AvgIpc) is 3.22. The maximum absolute atomic E-state index is 12.4. The fraction of sp³-hybridized carbons (Fsp3) is 0.304. The van der Waals surface area contributed by atoms with Gasteiger partial charge in [-0.05, 0) is 49.2 Å². The third kappa shape index (κ3) is 4.64. The molecule has 0 spiro atoms. The second-order valence-corrected chi connectivity index (χ2v) is 7.61. The van der Waals surface area contributed by atoms with Gasteiger partial charge in [-0.2, -0.15) is 10.2 Å².